The summed E-state index contributed by atoms with van der Waals surface area (Å²) in [4.78, 5) is 12.7. The summed E-state index contributed by atoms with van der Waals surface area (Å²) in [5, 5.41) is 13.6. The zero-order valence-corrected chi connectivity index (χ0v) is 18.4. The van der Waals surface area contributed by atoms with Crippen LogP contribution in [0, 0.1) is 19.7 Å². The molecule has 5 heteroatoms. The molecule has 1 amide bonds. The van der Waals surface area contributed by atoms with Gasteiger partial charge in [-0.05, 0) is 92.3 Å². The summed E-state index contributed by atoms with van der Waals surface area (Å²) in [6.45, 7) is 5.99. The maximum Gasteiger partial charge on any atom is 0.251 e. The number of fused-ring (bicyclic) bond motifs is 1. The van der Waals surface area contributed by atoms with Crippen LogP contribution in [0.1, 0.15) is 41.3 Å². The third-order valence-corrected chi connectivity index (χ3v) is 6.33. The molecule has 1 aromatic heterocycles. The number of nitrogens with zero attached hydrogens (tertiary/aromatic N) is 2. The van der Waals surface area contributed by atoms with Crippen molar-refractivity contribution in [2.75, 3.05) is 0 Å². The van der Waals surface area contributed by atoms with Gasteiger partial charge in [0.2, 0.25) is 0 Å². The van der Waals surface area contributed by atoms with Gasteiger partial charge in [-0.1, -0.05) is 18.2 Å². The van der Waals surface area contributed by atoms with Gasteiger partial charge in [0.05, 0.1) is 6.20 Å². The lowest BCUT2D eigenvalue weighted by Gasteiger charge is -2.14. The number of hydrogen-bond acceptors (Lipinski definition) is 3. The van der Waals surface area contributed by atoms with Crippen molar-refractivity contribution in [3.63, 3.8) is 0 Å². The van der Waals surface area contributed by atoms with Crippen LogP contribution < -0.4 is 5.32 Å². The molecule has 0 atom stereocenters. The molecule has 0 saturated heterocycles. The Balaban J connectivity index is 1.56. The van der Waals surface area contributed by atoms with Gasteiger partial charge < -0.3 is 5.32 Å². The lowest BCUT2D eigenvalue weighted by Crippen LogP contribution is -2.34. The quantitative estimate of drug-likeness (QED) is 0.436. The van der Waals surface area contributed by atoms with Crippen molar-refractivity contribution in [1.29, 1.82) is 0 Å². The van der Waals surface area contributed by atoms with Crippen LogP contribution in [0.25, 0.3) is 33.2 Å². The van der Waals surface area contributed by atoms with Crippen LogP contribution in [0.4, 0.5) is 4.39 Å². The average molecular weight is 426 g/mol. The molecule has 1 fully saturated rings. The molecule has 1 aliphatic rings. The summed E-state index contributed by atoms with van der Waals surface area (Å²) >= 11 is 0. The van der Waals surface area contributed by atoms with E-state index in [1.54, 1.807) is 12.3 Å². The fraction of sp³-hybridized carbons (Fsp3) is 0.222. The number of nitrogens with one attached hydrogen (secondary N) is 1. The van der Waals surface area contributed by atoms with E-state index in [9.17, 15) is 9.18 Å². The monoisotopic (exact) mass is 425 g/mol. The van der Waals surface area contributed by atoms with Crippen molar-refractivity contribution >= 4 is 16.7 Å². The summed E-state index contributed by atoms with van der Waals surface area (Å²) < 4.78 is 13.6. The molecule has 0 radical (unpaired) electrons. The Labute approximate surface area is 186 Å². The standard InChI is InChI=1S/C27H24FN3O/c1-16-4-5-19(26(32)30-27(3)10-11-27)14-24(16)18-6-8-23-20(13-18)15-29-31-25(23)22-9-7-21(28)12-17(22)2/h4-9,12-15H,10-11H2,1-3H3,(H,30,32). The Morgan fingerprint density at radius 2 is 1.78 bits per heavy atom. The zero-order valence-electron chi connectivity index (χ0n) is 18.4. The van der Waals surface area contributed by atoms with Crippen LogP contribution in [0.15, 0.2) is 60.8 Å². The Bertz CT molecular complexity index is 1370. The van der Waals surface area contributed by atoms with Crippen molar-refractivity contribution in [1.82, 2.24) is 15.5 Å². The van der Waals surface area contributed by atoms with Crippen LogP contribution in [0.5, 0.6) is 0 Å². The van der Waals surface area contributed by atoms with Crippen molar-refractivity contribution in [3.05, 3.63) is 83.3 Å². The second kappa shape index (κ2) is 7.52. The second-order valence-corrected chi connectivity index (χ2v) is 9.00. The van der Waals surface area contributed by atoms with E-state index < -0.39 is 0 Å². The summed E-state index contributed by atoms with van der Waals surface area (Å²) in [6, 6.07) is 16.6. The summed E-state index contributed by atoms with van der Waals surface area (Å²) in [6.07, 6.45) is 3.79. The van der Waals surface area contributed by atoms with Crippen molar-refractivity contribution in [3.8, 4) is 22.4 Å². The number of amides is 1. The van der Waals surface area contributed by atoms with Crippen LogP contribution >= 0.6 is 0 Å². The first-order valence-electron chi connectivity index (χ1n) is 10.8. The fourth-order valence-corrected chi connectivity index (χ4v) is 4.08. The Morgan fingerprint density at radius 1 is 0.969 bits per heavy atom. The predicted molar refractivity (Wildman–Crippen MR) is 125 cm³/mol. The maximum atomic E-state index is 13.6. The number of carbonyl (C=O) groups excluding carboxylic acids is 1. The molecule has 3 aromatic carbocycles. The van der Waals surface area contributed by atoms with Gasteiger partial charge in [0, 0.05) is 27.4 Å². The topological polar surface area (TPSA) is 54.9 Å². The van der Waals surface area contributed by atoms with Crippen LogP contribution in [0.2, 0.25) is 0 Å². The van der Waals surface area contributed by atoms with Gasteiger partial charge >= 0.3 is 0 Å². The third-order valence-electron chi connectivity index (χ3n) is 6.33. The zero-order chi connectivity index (χ0) is 22.5. The molecule has 0 aliphatic heterocycles. The van der Waals surface area contributed by atoms with E-state index in [0.717, 1.165) is 57.1 Å². The number of halogens is 1. The van der Waals surface area contributed by atoms with E-state index in [2.05, 4.69) is 28.5 Å². The fourth-order valence-electron chi connectivity index (χ4n) is 4.08. The number of aromatic nitrogens is 2. The molecule has 1 N–H and O–H groups in total. The highest BCUT2D eigenvalue weighted by Gasteiger charge is 2.38. The van der Waals surface area contributed by atoms with E-state index in [1.807, 2.05) is 44.2 Å². The Morgan fingerprint density at radius 3 is 2.53 bits per heavy atom. The van der Waals surface area contributed by atoms with E-state index in [0.29, 0.717) is 5.56 Å². The molecule has 5 rings (SSSR count). The number of rotatable bonds is 4. The predicted octanol–water partition coefficient (Wildman–Crippen LogP) is 6.00. The molecule has 0 unspecified atom stereocenters. The first-order valence-corrected chi connectivity index (χ1v) is 10.8. The second-order valence-electron chi connectivity index (χ2n) is 9.00. The number of hydrogen-bond donors (Lipinski definition) is 1. The first-order chi connectivity index (χ1) is 15.3. The molecule has 32 heavy (non-hydrogen) atoms. The minimum absolute atomic E-state index is 0.0352. The third kappa shape index (κ3) is 3.75. The van der Waals surface area contributed by atoms with E-state index in [4.69, 9.17) is 0 Å². The van der Waals surface area contributed by atoms with Gasteiger partial charge in [-0.25, -0.2) is 4.39 Å². The number of benzene rings is 3. The Hall–Kier alpha value is -3.60. The van der Waals surface area contributed by atoms with Crippen molar-refractivity contribution < 1.29 is 9.18 Å². The smallest absolute Gasteiger partial charge is 0.251 e. The van der Waals surface area contributed by atoms with Gasteiger partial charge in [-0.3, -0.25) is 4.79 Å². The van der Waals surface area contributed by atoms with Gasteiger partial charge in [-0.15, -0.1) is 5.10 Å². The summed E-state index contributed by atoms with van der Waals surface area (Å²) in [5.74, 6) is -0.302. The first kappa shape index (κ1) is 20.3. The number of aryl methyl sites for hydroxylation is 2. The number of carbonyl (C=O) groups is 1. The van der Waals surface area contributed by atoms with Gasteiger partial charge in [0.25, 0.3) is 5.91 Å². The van der Waals surface area contributed by atoms with E-state index in [-0.39, 0.29) is 17.3 Å². The molecular formula is C27H24FN3O. The molecular weight excluding hydrogens is 401 g/mol. The van der Waals surface area contributed by atoms with Crippen molar-refractivity contribution in [2.45, 2.75) is 39.2 Å². The lowest BCUT2D eigenvalue weighted by atomic mass is 9.94. The van der Waals surface area contributed by atoms with E-state index in [1.165, 1.54) is 12.1 Å². The normalized spacial score (nSPS) is 14.4. The minimum Gasteiger partial charge on any atom is -0.347 e. The average Bonchev–Trinajstić information content (AvgIpc) is 3.50. The molecule has 4 aromatic rings. The van der Waals surface area contributed by atoms with Gasteiger partial charge in [-0.2, -0.15) is 5.10 Å². The van der Waals surface area contributed by atoms with Crippen LogP contribution in [0.3, 0.4) is 0 Å². The highest BCUT2D eigenvalue weighted by Crippen LogP contribution is 2.35. The largest absolute Gasteiger partial charge is 0.347 e. The van der Waals surface area contributed by atoms with Crippen LogP contribution in [-0.4, -0.2) is 21.6 Å². The highest BCUT2D eigenvalue weighted by atomic mass is 19.1. The van der Waals surface area contributed by atoms with E-state index >= 15 is 0 Å². The highest BCUT2D eigenvalue weighted by molar-refractivity contribution is 5.99. The van der Waals surface area contributed by atoms with Crippen molar-refractivity contribution in [2.24, 2.45) is 0 Å². The lowest BCUT2D eigenvalue weighted by molar-refractivity contribution is 0.0935. The molecule has 0 bridgehead atoms. The molecule has 1 saturated carbocycles. The molecule has 160 valence electrons. The van der Waals surface area contributed by atoms with Gasteiger partial charge in [0.1, 0.15) is 11.5 Å². The molecule has 0 spiro atoms. The SMILES string of the molecule is Cc1ccc(C(=O)NC2(C)CC2)cc1-c1ccc2c(-c3ccc(F)cc3C)nncc2c1. The van der Waals surface area contributed by atoms with Crippen LogP contribution in [-0.2, 0) is 0 Å². The maximum absolute atomic E-state index is 13.6. The Kier molecular flexibility index (Phi) is 4.77. The molecule has 1 heterocycles. The molecule has 1 aliphatic carbocycles. The minimum atomic E-state index is -0.267. The van der Waals surface area contributed by atoms with Gasteiger partial charge in [0.15, 0.2) is 0 Å². The molecule has 4 nitrogen and oxygen atoms in total. The summed E-state index contributed by atoms with van der Waals surface area (Å²) in [7, 11) is 0. The summed E-state index contributed by atoms with van der Waals surface area (Å²) in [5.41, 5.74) is 6.13.